The summed E-state index contributed by atoms with van der Waals surface area (Å²) in [6.45, 7) is 3.08. The van der Waals surface area contributed by atoms with Crippen LogP contribution in [0.1, 0.15) is 42.6 Å². The molecule has 1 saturated carbocycles. The third kappa shape index (κ3) is 3.68. The lowest BCUT2D eigenvalue weighted by Crippen LogP contribution is -2.26. The average molecular weight is 289 g/mol. The van der Waals surface area contributed by atoms with Crippen LogP contribution in [0.2, 0.25) is 0 Å². The van der Waals surface area contributed by atoms with Crippen LogP contribution in [-0.4, -0.2) is 32.4 Å². The monoisotopic (exact) mass is 289 g/mol. The Labute approximate surface area is 122 Å². The summed E-state index contributed by atoms with van der Waals surface area (Å²) in [4.78, 5) is 16.1. The van der Waals surface area contributed by atoms with Gasteiger partial charge >= 0.3 is 0 Å². The van der Waals surface area contributed by atoms with E-state index in [0.717, 1.165) is 24.4 Å². The van der Waals surface area contributed by atoms with Gasteiger partial charge in [0.15, 0.2) is 5.82 Å². The predicted octanol–water partition coefficient (Wildman–Crippen LogP) is 1.20. The SMILES string of the molecule is Cc1ccnn1CCC(=O)NCCc1nc(C2CC2)no1. The number of nitrogens with one attached hydrogen (secondary N) is 1. The topological polar surface area (TPSA) is 85.8 Å². The number of carbonyl (C=O) groups excluding carboxylic acids is 1. The molecule has 112 valence electrons. The zero-order valence-corrected chi connectivity index (χ0v) is 12.1. The fourth-order valence-electron chi connectivity index (χ4n) is 2.11. The first kappa shape index (κ1) is 13.8. The number of aromatic nitrogens is 4. The molecule has 0 atom stereocenters. The highest BCUT2D eigenvalue weighted by molar-refractivity contribution is 5.75. The Morgan fingerprint density at radius 3 is 3.10 bits per heavy atom. The first-order chi connectivity index (χ1) is 10.2. The maximum absolute atomic E-state index is 11.7. The van der Waals surface area contributed by atoms with Crippen LogP contribution in [0.5, 0.6) is 0 Å². The molecule has 21 heavy (non-hydrogen) atoms. The van der Waals surface area contributed by atoms with Gasteiger partial charge in [0.1, 0.15) is 0 Å². The Morgan fingerprint density at radius 1 is 1.52 bits per heavy atom. The molecule has 1 fully saturated rings. The first-order valence-electron chi connectivity index (χ1n) is 7.30. The van der Waals surface area contributed by atoms with Crippen molar-refractivity contribution in [1.29, 1.82) is 0 Å². The van der Waals surface area contributed by atoms with Crippen molar-refractivity contribution in [3.05, 3.63) is 29.7 Å². The molecule has 0 saturated heterocycles. The minimum Gasteiger partial charge on any atom is -0.356 e. The van der Waals surface area contributed by atoms with Crippen molar-refractivity contribution in [1.82, 2.24) is 25.2 Å². The third-order valence-corrected chi connectivity index (χ3v) is 3.57. The van der Waals surface area contributed by atoms with E-state index in [0.29, 0.717) is 37.7 Å². The Bertz CT molecular complexity index is 614. The molecule has 3 rings (SSSR count). The molecule has 1 amide bonds. The Morgan fingerprint density at radius 2 is 2.38 bits per heavy atom. The number of rotatable bonds is 7. The van der Waals surface area contributed by atoms with E-state index in [9.17, 15) is 4.79 Å². The first-order valence-corrected chi connectivity index (χ1v) is 7.30. The molecule has 2 aromatic rings. The second-order valence-electron chi connectivity index (χ2n) is 5.37. The standard InChI is InChI=1S/C14H19N5O2/c1-10-4-8-16-19(10)9-6-12(20)15-7-5-13-17-14(18-21-13)11-2-3-11/h4,8,11H,2-3,5-7,9H2,1H3,(H,15,20). The van der Waals surface area contributed by atoms with E-state index < -0.39 is 0 Å². The van der Waals surface area contributed by atoms with Gasteiger partial charge in [0.25, 0.3) is 0 Å². The number of hydrogen-bond acceptors (Lipinski definition) is 5. The van der Waals surface area contributed by atoms with Crippen molar-refractivity contribution < 1.29 is 9.32 Å². The van der Waals surface area contributed by atoms with Crippen LogP contribution in [0.25, 0.3) is 0 Å². The van der Waals surface area contributed by atoms with Crippen LogP contribution in [0.4, 0.5) is 0 Å². The lowest BCUT2D eigenvalue weighted by Gasteiger charge is -2.05. The second-order valence-corrected chi connectivity index (χ2v) is 5.37. The third-order valence-electron chi connectivity index (χ3n) is 3.57. The van der Waals surface area contributed by atoms with Crippen molar-refractivity contribution in [2.24, 2.45) is 0 Å². The average Bonchev–Trinajstić information content (AvgIpc) is 3.08. The van der Waals surface area contributed by atoms with E-state index in [1.807, 2.05) is 17.7 Å². The fourth-order valence-corrected chi connectivity index (χ4v) is 2.11. The van der Waals surface area contributed by atoms with Crippen LogP contribution < -0.4 is 5.32 Å². The molecule has 0 spiro atoms. The van der Waals surface area contributed by atoms with Crippen LogP contribution in [0, 0.1) is 6.92 Å². The normalized spacial score (nSPS) is 14.3. The highest BCUT2D eigenvalue weighted by Gasteiger charge is 2.28. The minimum atomic E-state index is 0.00633. The Kier molecular flexibility index (Phi) is 3.98. The van der Waals surface area contributed by atoms with E-state index in [4.69, 9.17) is 4.52 Å². The summed E-state index contributed by atoms with van der Waals surface area (Å²) in [6, 6.07) is 1.92. The van der Waals surface area contributed by atoms with Gasteiger partial charge in [0, 0.05) is 43.7 Å². The van der Waals surface area contributed by atoms with Gasteiger partial charge < -0.3 is 9.84 Å². The van der Waals surface area contributed by atoms with Crippen LogP contribution in [0.15, 0.2) is 16.8 Å². The van der Waals surface area contributed by atoms with Crippen LogP contribution in [0.3, 0.4) is 0 Å². The summed E-state index contributed by atoms with van der Waals surface area (Å²) in [7, 11) is 0. The molecule has 7 heteroatoms. The lowest BCUT2D eigenvalue weighted by molar-refractivity contribution is -0.121. The molecule has 1 aliphatic rings. The summed E-state index contributed by atoms with van der Waals surface area (Å²) >= 11 is 0. The maximum Gasteiger partial charge on any atom is 0.228 e. The van der Waals surface area contributed by atoms with Gasteiger partial charge in [-0.05, 0) is 25.8 Å². The predicted molar refractivity (Wildman–Crippen MR) is 74.6 cm³/mol. The molecular weight excluding hydrogens is 270 g/mol. The van der Waals surface area contributed by atoms with Crippen molar-refractivity contribution in [2.75, 3.05) is 6.54 Å². The summed E-state index contributed by atoms with van der Waals surface area (Å²) in [5.41, 5.74) is 1.06. The summed E-state index contributed by atoms with van der Waals surface area (Å²) < 4.78 is 6.97. The number of aryl methyl sites for hydroxylation is 2. The highest BCUT2D eigenvalue weighted by Crippen LogP contribution is 2.38. The molecule has 0 aromatic carbocycles. The molecular formula is C14H19N5O2. The second kappa shape index (κ2) is 6.07. The van der Waals surface area contributed by atoms with E-state index in [-0.39, 0.29) is 5.91 Å². The molecule has 0 radical (unpaired) electrons. The molecule has 1 N–H and O–H groups in total. The lowest BCUT2D eigenvalue weighted by atomic mass is 10.3. The van der Waals surface area contributed by atoms with Crippen LogP contribution >= 0.6 is 0 Å². The molecule has 2 aromatic heterocycles. The molecule has 2 heterocycles. The molecule has 0 bridgehead atoms. The number of nitrogens with zero attached hydrogens (tertiary/aromatic N) is 4. The number of hydrogen-bond donors (Lipinski definition) is 1. The Hall–Kier alpha value is -2.18. The van der Waals surface area contributed by atoms with Crippen LogP contribution in [-0.2, 0) is 17.8 Å². The van der Waals surface area contributed by atoms with Gasteiger partial charge in [-0.1, -0.05) is 5.16 Å². The Balaban J connectivity index is 1.36. The summed E-state index contributed by atoms with van der Waals surface area (Å²) in [5.74, 6) is 1.91. The van der Waals surface area contributed by atoms with Gasteiger partial charge in [-0.15, -0.1) is 0 Å². The van der Waals surface area contributed by atoms with Crippen molar-refractivity contribution in [3.8, 4) is 0 Å². The van der Waals surface area contributed by atoms with E-state index in [1.54, 1.807) is 6.20 Å². The molecule has 7 nitrogen and oxygen atoms in total. The molecule has 0 unspecified atom stereocenters. The fraction of sp³-hybridized carbons (Fsp3) is 0.571. The summed E-state index contributed by atoms with van der Waals surface area (Å²) in [5, 5.41) is 10.9. The largest absolute Gasteiger partial charge is 0.356 e. The van der Waals surface area contributed by atoms with Gasteiger partial charge in [-0.25, -0.2) is 0 Å². The summed E-state index contributed by atoms with van der Waals surface area (Å²) in [6.07, 6.45) is 5.04. The minimum absolute atomic E-state index is 0.00633. The van der Waals surface area contributed by atoms with E-state index in [2.05, 4.69) is 20.6 Å². The van der Waals surface area contributed by atoms with Gasteiger partial charge in [-0.3, -0.25) is 9.48 Å². The smallest absolute Gasteiger partial charge is 0.228 e. The van der Waals surface area contributed by atoms with Crippen molar-refractivity contribution in [3.63, 3.8) is 0 Å². The zero-order valence-electron chi connectivity index (χ0n) is 12.1. The maximum atomic E-state index is 11.7. The molecule has 1 aliphatic carbocycles. The quantitative estimate of drug-likeness (QED) is 0.827. The molecule has 0 aliphatic heterocycles. The highest BCUT2D eigenvalue weighted by atomic mass is 16.5. The van der Waals surface area contributed by atoms with Gasteiger partial charge in [-0.2, -0.15) is 10.1 Å². The van der Waals surface area contributed by atoms with Crippen molar-refractivity contribution >= 4 is 5.91 Å². The number of amides is 1. The van der Waals surface area contributed by atoms with E-state index >= 15 is 0 Å². The zero-order chi connectivity index (χ0) is 14.7. The van der Waals surface area contributed by atoms with E-state index in [1.165, 1.54) is 0 Å². The number of carbonyl (C=O) groups is 1. The van der Waals surface area contributed by atoms with Gasteiger partial charge in [0.05, 0.1) is 0 Å². The van der Waals surface area contributed by atoms with Gasteiger partial charge in [0.2, 0.25) is 11.8 Å². The van der Waals surface area contributed by atoms with Crippen molar-refractivity contribution in [2.45, 2.75) is 45.1 Å².